The zero-order valence-electron chi connectivity index (χ0n) is 15.4. The highest BCUT2D eigenvalue weighted by Gasteiger charge is 2.08. The average Bonchev–Trinajstić information content (AvgIpc) is 2.66. The smallest absolute Gasteiger partial charge is 0.225 e. The summed E-state index contributed by atoms with van der Waals surface area (Å²) in [5.41, 5.74) is 1.86. The number of hydrogen-bond acceptors (Lipinski definition) is 4. The van der Waals surface area contributed by atoms with Crippen molar-refractivity contribution in [3.8, 4) is 11.5 Å². The lowest BCUT2D eigenvalue weighted by atomic mass is 10.2. The van der Waals surface area contributed by atoms with Gasteiger partial charge in [-0.1, -0.05) is 36.9 Å². The summed E-state index contributed by atoms with van der Waals surface area (Å²) in [6, 6.07) is 15.3. The normalized spacial score (nSPS) is 10.4. The maximum absolute atomic E-state index is 12.2. The zero-order valence-corrected chi connectivity index (χ0v) is 15.4. The highest BCUT2D eigenvalue weighted by molar-refractivity contribution is 5.92. The number of rotatable bonds is 10. The van der Waals surface area contributed by atoms with Crippen LogP contribution in [0.5, 0.6) is 11.5 Å². The number of carbonyl (C=O) groups is 1. The quantitative estimate of drug-likeness (QED) is 0.661. The second-order valence-electron chi connectivity index (χ2n) is 5.98. The van der Waals surface area contributed by atoms with Crippen molar-refractivity contribution in [2.24, 2.45) is 0 Å². The van der Waals surface area contributed by atoms with Gasteiger partial charge in [-0.3, -0.25) is 4.79 Å². The van der Waals surface area contributed by atoms with Crippen molar-refractivity contribution < 1.29 is 14.3 Å². The molecule has 0 aromatic heterocycles. The number of para-hydroxylation sites is 2. The van der Waals surface area contributed by atoms with Crippen molar-refractivity contribution in [3.05, 3.63) is 66.7 Å². The van der Waals surface area contributed by atoms with E-state index in [-0.39, 0.29) is 5.91 Å². The topological polar surface area (TPSA) is 50.8 Å². The first-order valence-corrected chi connectivity index (χ1v) is 8.56. The molecule has 2 aromatic carbocycles. The van der Waals surface area contributed by atoms with E-state index < -0.39 is 0 Å². The highest BCUT2D eigenvalue weighted by Crippen LogP contribution is 2.23. The largest absolute Gasteiger partial charge is 0.495 e. The molecule has 0 heterocycles. The average molecular weight is 354 g/mol. The molecule has 2 rings (SSSR count). The number of nitrogens with zero attached hydrogens (tertiary/aromatic N) is 1. The summed E-state index contributed by atoms with van der Waals surface area (Å²) in [6.07, 6.45) is 2.13. The van der Waals surface area contributed by atoms with E-state index in [1.54, 1.807) is 13.2 Å². The minimum Gasteiger partial charge on any atom is -0.495 e. The minimum atomic E-state index is -0.0328. The Morgan fingerprint density at radius 2 is 1.92 bits per heavy atom. The Labute approximate surface area is 155 Å². The predicted octanol–water partition coefficient (Wildman–Crippen LogP) is 3.72. The van der Waals surface area contributed by atoms with Gasteiger partial charge in [0, 0.05) is 19.5 Å². The van der Waals surface area contributed by atoms with Crippen LogP contribution in [-0.2, 0) is 11.3 Å². The molecule has 26 heavy (non-hydrogen) atoms. The van der Waals surface area contributed by atoms with Gasteiger partial charge in [-0.05, 0) is 36.9 Å². The zero-order chi connectivity index (χ0) is 18.8. The fourth-order valence-corrected chi connectivity index (χ4v) is 2.49. The SMILES string of the molecule is C=CCOc1ccc(CN(C)CCC(=O)Nc2ccccc2OC)cc1. The van der Waals surface area contributed by atoms with Gasteiger partial charge in [0.2, 0.25) is 5.91 Å². The van der Waals surface area contributed by atoms with E-state index in [2.05, 4.69) is 16.8 Å². The molecule has 0 aliphatic carbocycles. The second kappa shape index (κ2) is 10.3. The van der Waals surface area contributed by atoms with Gasteiger partial charge in [0.1, 0.15) is 18.1 Å². The second-order valence-corrected chi connectivity index (χ2v) is 5.98. The first-order valence-electron chi connectivity index (χ1n) is 8.56. The Bertz CT molecular complexity index is 713. The molecule has 1 N–H and O–H groups in total. The maximum Gasteiger partial charge on any atom is 0.225 e. The molecule has 138 valence electrons. The Kier molecular flexibility index (Phi) is 7.71. The van der Waals surface area contributed by atoms with E-state index in [4.69, 9.17) is 9.47 Å². The van der Waals surface area contributed by atoms with Crippen LogP contribution in [0.2, 0.25) is 0 Å². The molecule has 0 bridgehead atoms. The predicted molar refractivity (Wildman–Crippen MR) is 105 cm³/mol. The lowest BCUT2D eigenvalue weighted by molar-refractivity contribution is -0.116. The number of benzene rings is 2. The summed E-state index contributed by atoms with van der Waals surface area (Å²) in [5.74, 6) is 1.45. The third kappa shape index (κ3) is 6.26. The summed E-state index contributed by atoms with van der Waals surface area (Å²) in [4.78, 5) is 14.3. The van der Waals surface area contributed by atoms with Crippen LogP contribution in [0.15, 0.2) is 61.2 Å². The van der Waals surface area contributed by atoms with Crippen molar-refractivity contribution in [2.75, 3.05) is 32.6 Å². The number of methoxy groups -OCH3 is 1. The number of ether oxygens (including phenoxy) is 2. The molecule has 0 saturated heterocycles. The third-order valence-corrected chi connectivity index (χ3v) is 3.85. The van der Waals surface area contributed by atoms with Crippen LogP contribution in [0.4, 0.5) is 5.69 Å². The first kappa shape index (κ1) is 19.5. The van der Waals surface area contributed by atoms with Gasteiger partial charge >= 0.3 is 0 Å². The van der Waals surface area contributed by atoms with Crippen LogP contribution < -0.4 is 14.8 Å². The Balaban J connectivity index is 1.78. The van der Waals surface area contributed by atoms with Gasteiger partial charge in [0.05, 0.1) is 12.8 Å². The van der Waals surface area contributed by atoms with Gasteiger partial charge in [-0.2, -0.15) is 0 Å². The molecule has 2 aromatic rings. The Hall–Kier alpha value is -2.79. The molecule has 0 radical (unpaired) electrons. The monoisotopic (exact) mass is 354 g/mol. The van der Waals surface area contributed by atoms with Crippen molar-refractivity contribution in [1.82, 2.24) is 4.90 Å². The van der Waals surface area contributed by atoms with Crippen LogP contribution in [0.3, 0.4) is 0 Å². The number of amides is 1. The van der Waals surface area contributed by atoms with Crippen molar-refractivity contribution in [2.45, 2.75) is 13.0 Å². The van der Waals surface area contributed by atoms with Gasteiger partial charge < -0.3 is 19.7 Å². The summed E-state index contributed by atoms with van der Waals surface area (Å²) < 4.78 is 10.7. The van der Waals surface area contributed by atoms with Crippen molar-refractivity contribution >= 4 is 11.6 Å². The van der Waals surface area contributed by atoms with Crippen molar-refractivity contribution in [1.29, 1.82) is 0 Å². The lowest BCUT2D eigenvalue weighted by Gasteiger charge is -2.17. The van der Waals surface area contributed by atoms with E-state index in [9.17, 15) is 4.79 Å². The Morgan fingerprint density at radius 3 is 2.62 bits per heavy atom. The molecule has 0 saturated carbocycles. The number of anilines is 1. The minimum absolute atomic E-state index is 0.0328. The van der Waals surface area contributed by atoms with E-state index in [1.807, 2.05) is 55.6 Å². The van der Waals surface area contributed by atoms with Crippen LogP contribution in [-0.4, -0.2) is 38.1 Å². The fraction of sp³-hybridized carbons (Fsp3) is 0.286. The summed E-state index contributed by atoms with van der Waals surface area (Å²) in [7, 11) is 3.59. The molecule has 0 spiro atoms. The molecule has 1 amide bonds. The molecule has 5 heteroatoms. The van der Waals surface area contributed by atoms with Crippen LogP contribution >= 0.6 is 0 Å². The van der Waals surface area contributed by atoms with Crippen LogP contribution in [0.1, 0.15) is 12.0 Å². The number of nitrogens with one attached hydrogen (secondary N) is 1. The number of carbonyl (C=O) groups excluding carboxylic acids is 1. The van der Waals surface area contributed by atoms with E-state index in [0.717, 1.165) is 12.3 Å². The number of hydrogen-bond donors (Lipinski definition) is 1. The molecule has 5 nitrogen and oxygen atoms in total. The van der Waals surface area contributed by atoms with Gasteiger partial charge in [0.15, 0.2) is 0 Å². The fourth-order valence-electron chi connectivity index (χ4n) is 2.49. The van der Waals surface area contributed by atoms with Crippen molar-refractivity contribution in [3.63, 3.8) is 0 Å². The maximum atomic E-state index is 12.2. The Morgan fingerprint density at radius 1 is 1.19 bits per heavy atom. The van der Waals surface area contributed by atoms with Crippen LogP contribution in [0, 0.1) is 0 Å². The molecular formula is C21H26N2O3. The first-order chi connectivity index (χ1) is 12.6. The molecule has 0 atom stereocenters. The van der Waals surface area contributed by atoms with E-state index >= 15 is 0 Å². The third-order valence-electron chi connectivity index (χ3n) is 3.85. The van der Waals surface area contributed by atoms with E-state index in [1.165, 1.54) is 5.56 Å². The molecule has 0 unspecified atom stereocenters. The molecule has 0 fully saturated rings. The molecule has 0 aliphatic heterocycles. The van der Waals surface area contributed by atoms with Gasteiger partial charge in [-0.25, -0.2) is 0 Å². The van der Waals surface area contributed by atoms with E-state index in [0.29, 0.717) is 31.0 Å². The summed E-state index contributed by atoms with van der Waals surface area (Å²) in [5, 5.41) is 2.89. The summed E-state index contributed by atoms with van der Waals surface area (Å²) >= 11 is 0. The lowest BCUT2D eigenvalue weighted by Crippen LogP contribution is -2.24. The van der Waals surface area contributed by atoms with Gasteiger partial charge in [-0.15, -0.1) is 0 Å². The standard InChI is InChI=1S/C21H26N2O3/c1-4-15-26-18-11-9-17(10-12-18)16-23(2)14-13-21(24)22-19-7-5-6-8-20(19)25-3/h4-12H,1,13-16H2,2-3H3,(H,22,24). The summed E-state index contributed by atoms with van der Waals surface area (Å²) in [6.45, 7) is 5.56. The molecule has 0 aliphatic rings. The van der Waals surface area contributed by atoms with Crippen LogP contribution in [0.25, 0.3) is 0 Å². The molecular weight excluding hydrogens is 328 g/mol. The highest BCUT2D eigenvalue weighted by atomic mass is 16.5. The van der Waals surface area contributed by atoms with Gasteiger partial charge in [0.25, 0.3) is 0 Å².